The van der Waals surface area contributed by atoms with Gasteiger partial charge in [0.25, 0.3) is 5.69 Å². The number of benzene rings is 3. The van der Waals surface area contributed by atoms with Crippen LogP contribution in [0.1, 0.15) is 59.7 Å². The van der Waals surface area contributed by atoms with E-state index in [4.69, 9.17) is 44.7 Å². The van der Waals surface area contributed by atoms with E-state index in [9.17, 15) is 33.4 Å². The number of pyridine rings is 3. The summed E-state index contributed by atoms with van der Waals surface area (Å²) in [7, 11) is 1.44. The number of H-pyrrole nitrogens is 1. The number of aromatic amines is 1. The number of hydrogen-bond donors (Lipinski definition) is 3. The minimum Gasteiger partial charge on any atom is -0.494 e. The number of nitro groups is 2. The Morgan fingerprint density at radius 3 is 1.58 bits per heavy atom. The van der Waals surface area contributed by atoms with E-state index in [0.29, 0.717) is 30.9 Å². The fourth-order valence-electron chi connectivity index (χ4n) is 5.70. The fraction of sp³-hybridized carbons (Fsp3) is 0.312. The van der Waals surface area contributed by atoms with Crippen LogP contribution in [0, 0.1) is 58.5 Å². The van der Waals surface area contributed by atoms with Gasteiger partial charge in [0.05, 0.1) is 67.5 Å². The average Bonchev–Trinajstić information content (AvgIpc) is 3.66. The Morgan fingerprint density at radius 2 is 1.11 bits per heavy atom. The summed E-state index contributed by atoms with van der Waals surface area (Å²) in [5.41, 5.74) is 5.27. The molecule has 0 aliphatic heterocycles. The maximum absolute atomic E-state index is 13.6. The van der Waals surface area contributed by atoms with E-state index in [-0.39, 0.29) is 73.0 Å². The first-order chi connectivity index (χ1) is 32.8. The van der Waals surface area contributed by atoms with Crippen molar-refractivity contribution in [1.82, 2.24) is 19.9 Å². The Hall–Kier alpha value is -6.52. The molecule has 72 heavy (non-hydrogen) atoms. The summed E-state index contributed by atoms with van der Waals surface area (Å²) in [5.74, 6) is -1.17. The number of fused-ring (bicyclic) bond motifs is 3. The molecule has 392 valence electrons. The molecule has 0 atom stereocenters. The zero-order valence-corrected chi connectivity index (χ0v) is 40.6. The number of aryl methyl sites for hydroxylation is 3. The Morgan fingerprint density at radius 1 is 0.639 bits per heavy atom. The molecule has 0 spiro atoms. The number of rotatable bonds is 13. The zero-order valence-electron chi connectivity index (χ0n) is 39.0. The van der Waals surface area contributed by atoms with Crippen molar-refractivity contribution in [3.8, 4) is 28.5 Å². The van der Waals surface area contributed by atoms with Crippen molar-refractivity contribution < 1.29 is 60.8 Å². The Balaban J connectivity index is 0.000000886. The number of halogens is 4. The van der Waals surface area contributed by atoms with E-state index in [2.05, 4.69) is 24.7 Å². The number of hydrogen-bond acceptors (Lipinski definition) is 15. The fourth-order valence-corrected chi connectivity index (χ4v) is 6.73. The molecule has 24 heteroatoms. The first-order valence-corrected chi connectivity index (χ1v) is 22.0. The lowest BCUT2D eigenvalue weighted by Crippen LogP contribution is -2.29. The lowest BCUT2D eigenvalue weighted by Gasteiger charge is -2.12. The highest BCUT2D eigenvalue weighted by atomic mass is 35.5. The van der Waals surface area contributed by atoms with E-state index in [1.807, 2.05) is 33.8 Å². The summed E-state index contributed by atoms with van der Waals surface area (Å²) in [4.78, 5) is 35.4. The molecular formula is C48H62BClF3N6O12P. The van der Waals surface area contributed by atoms with Gasteiger partial charge < -0.3 is 42.8 Å². The number of nitrogens with one attached hydrogen (secondary N) is 1. The number of ether oxygens (including phenoxy) is 3. The molecule has 0 radical (unpaired) electrons. The highest BCUT2D eigenvalue weighted by Crippen LogP contribution is 2.39. The van der Waals surface area contributed by atoms with Gasteiger partial charge in [0.2, 0.25) is 5.15 Å². The topological polar surface area (TPSA) is 237 Å². The molecule has 0 aliphatic carbocycles. The molecule has 4 aromatic heterocycles. The van der Waals surface area contributed by atoms with Crippen LogP contribution in [-0.4, -0.2) is 88.1 Å². The van der Waals surface area contributed by atoms with E-state index in [1.54, 1.807) is 26.1 Å². The lowest BCUT2D eigenvalue weighted by molar-refractivity contribution is -0.385. The van der Waals surface area contributed by atoms with Crippen molar-refractivity contribution in [2.24, 2.45) is 0 Å². The summed E-state index contributed by atoms with van der Waals surface area (Å²) >= 11 is 5.44. The van der Waals surface area contributed by atoms with Crippen LogP contribution in [0.3, 0.4) is 0 Å². The highest BCUT2D eigenvalue weighted by molar-refractivity contribution is 7.41. The molecular weight excluding hydrogens is 987 g/mol. The third-order valence-corrected chi connectivity index (χ3v) is 10.5. The van der Waals surface area contributed by atoms with E-state index >= 15 is 0 Å². The van der Waals surface area contributed by atoms with Crippen LogP contribution in [0.25, 0.3) is 33.2 Å². The molecule has 7 rings (SSSR count). The first-order valence-electron chi connectivity index (χ1n) is 20.5. The maximum Gasteiger partial charge on any atom is 0.488 e. The Kier molecular flexibility index (Phi) is 29.5. The van der Waals surface area contributed by atoms with Gasteiger partial charge in [0.15, 0.2) is 34.7 Å². The number of aromatic nitrogens is 4. The molecule has 0 amide bonds. The van der Waals surface area contributed by atoms with Crippen LogP contribution in [0.4, 0.5) is 24.5 Å². The second-order valence-corrected chi connectivity index (χ2v) is 15.5. The van der Waals surface area contributed by atoms with Crippen molar-refractivity contribution in [3.05, 3.63) is 145 Å². The third kappa shape index (κ3) is 19.2. The van der Waals surface area contributed by atoms with Gasteiger partial charge in [0, 0.05) is 47.7 Å². The molecule has 3 aromatic carbocycles. The van der Waals surface area contributed by atoms with Crippen LogP contribution >= 0.6 is 20.2 Å². The minimum atomic E-state index is -1.65. The number of nitrogens with zero attached hydrogens (tertiary/aromatic N) is 5. The van der Waals surface area contributed by atoms with Crippen molar-refractivity contribution in [2.45, 2.75) is 63.8 Å². The highest BCUT2D eigenvalue weighted by Gasteiger charge is 2.19. The van der Waals surface area contributed by atoms with Gasteiger partial charge in [-0.15, -0.1) is 0 Å². The normalized spacial score (nSPS) is 9.94. The standard InChI is InChI=1S/C13H11FN2O3.C13H11FN2O.C7H8BFO3.C6H5ClN2O2.C6H15O3P.3CH4/c1-8-5-11(16(17)18)13(15-7-8)9-3-4-12(19-2)10(14)6-9;1-7-3-11-13(15-6-7)8-4-9(14)12(17-2)5-10(8)16-11;1-12-7-3-2-5(8(10)11)4-6(7)9;1-4-2-5(9(10)11)6(7)8-3-4;1-4-7-10(8-5-2)9-6-3;;;/h3-7H,1-2H3;3-6,16H,1-2H3;2-4,10-11H,1H3;2-3H,1H3;4-6H2,1-3H3;3*1H4. The third-order valence-electron chi connectivity index (χ3n) is 8.80. The van der Waals surface area contributed by atoms with Gasteiger partial charge >= 0.3 is 21.4 Å². The van der Waals surface area contributed by atoms with Crippen molar-refractivity contribution in [1.29, 1.82) is 0 Å². The molecule has 3 N–H and O–H groups in total. The summed E-state index contributed by atoms with van der Waals surface area (Å²) in [6.07, 6.45) is 4.76. The predicted molar refractivity (Wildman–Crippen MR) is 278 cm³/mol. The quantitative estimate of drug-likeness (QED) is 0.0320. The van der Waals surface area contributed by atoms with Crippen molar-refractivity contribution in [3.63, 3.8) is 0 Å². The second kappa shape index (κ2) is 32.5. The summed E-state index contributed by atoms with van der Waals surface area (Å²) < 4.78 is 70.0. The van der Waals surface area contributed by atoms with Gasteiger partial charge in [-0.1, -0.05) is 39.9 Å². The smallest absolute Gasteiger partial charge is 0.488 e. The number of methoxy groups -OCH3 is 3. The van der Waals surface area contributed by atoms with Gasteiger partial charge in [0.1, 0.15) is 5.69 Å². The molecule has 0 saturated carbocycles. The molecule has 4 heterocycles. The monoisotopic (exact) mass is 1050 g/mol. The summed E-state index contributed by atoms with van der Waals surface area (Å²) in [6, 6.07) is 15.7. The van der Waals surface area contributed by atoms with Crippen LogP contribution < -0.4 is 19.7 Å². The molecule has 0 fully saturated rings. The first kappa shape index (κ1) is 65.5. The Bertz CT molecular complexity index is 2800. The molecule has 7 aromatic rings. The van der Waals surface area contributed by atoms with Crippen molar-refractivity contribution in [2.75, 3.05) is 41.2 Å². The van der Waals surface area contributed by atoms with Gasteiger partial charge in [-0.25, -0.2) is 23.1 Å². The average molecular weight is 1050 g/mol. The van der Waals surface area contributed by atoms with Crippen LogP contribution in [0.15, 0.2) is 85.3 Å². The van der Waals surface area contributed by atoms with Gasteiger partial charge in [-0.2, -0.15) is 0 Å². The van der Waals surface area contributed by atoms with E-state index in [1.165, 1.54) is 82.3 Å². The largest absolute Gasteiger partial charge is 0.494 e. The molecule has 0 bridgehead atoms. The van der Waals surface area contributed by atoms with Crippen molar-refractivity contribution >= 4 is 66.1 Å². The Labute approximate surface area is 423 Å². The van der Waals surface area contributed by atoms with Gasteiger partial charge in [-0.3, -0.25) is 25.2 Å². The van der Waals surface area contributed by atoms with Crippen LogP contribution in [0.2, 0.25) is 5.15 Å². The molecule has 0 unspecified atom stereocenters. The summed E-state index contributed by atoms with van der Waals surface area (Å²) in [6.45, 7) is 13.1. The lowest BCUT2D eigenvalue weighted by atomic mass is 9.80. The molecule has 0 saturated heterocycles. The zero-order chi connectivity index (χ0) is 51.4. The predicted octanol–water partition coefficient (Wildman–Crippen LogP) is 12.0. The van der Waals surface area contributed by atoms with Crippen LogP contribution in [-0.2, 0) is 13.6 Å². The maximum atomic E-state index is 13.6. The van der Waals surface area contributed by atoms with E-state index < -0.39 is 37.2 Å². The van der Waals surface area contributed by atoms with Crippen LogP contribution in [0.5, 0.6) is 17.2 Å². The van der Waals surface area contributed by atoms with E-state index in [0.717, 1.165) is 39.1 Å². The van der Waals surface area contributed by atoms with Gasteiger partial charge in [-0.05, 0) is 106 Å². The second-order valence-electron chi connectivity index (χ2n) is 13.9. The molecule has 18 nitrogen and oxygen atoms in total. The minimum absolute atomic E-state index is 0. The summed E-state index contributed by atoms with van der Waals surface area (Å²) in [5, 5.41) is 39.3. The molecule has 0 aliphatic rings. The SMILES string of the molecule is C.C.C.CCOP(OCC)OCC.COc1cc2[nH]c3cc(C)cnc3c2cc1F.COc1ccc(-c2ncc(C)cc2[N+](=O)[O-])cc1F.COc1ccc(B(O)O)cc1F.Cc1cnc(Cl)c([N+](=O)[O-])c1.